The van der Waals surface area contributed by atoms with Crippen molar-refractivity contribution >= 4 is 35.6 Å². The molecule has 0 aromatic carbocycles. The van der Waals surface area contributed by atoms with Crippen molar-refractivity contribution in [1.29, 1.82) is 0 Å². The van der Waals surface area contributed by atoms with Gasteiger partial charge < -0.3 is 16.0 Å². The first-order valence-corrected chi connectivity index (χ1v) is 6.91. The minimum atomic E-state index is -0.204. The molecule has 1 rings (SSSR count). The zero-order valence-corrected chi connectivity index (χ0v) is 12.5. The molecular weight excluding hydrogens is 286 g/mol. The summed E-state index contributed by atoms with van der Waals surface area (Å²) in [6.45, 7) is 4.38. The lowest BCUT2D eigenvalue weighted by atomic mass is 10.4. The van der Waals surface area contributed by atoms with Crippen LogP contribution in [0.1, 0.15) is 23.0 Å². The molecule has 0 spiro atoms. The molecule has 5 nitrogen and oxygen atoms in total. The van der Waals surface area contributed by atoms with Gasteiger partial charge in [-0.2, -0.15) is 0 Å². The molecule has 1 aromatic rings. The number of thiophene rings is 1. The number of amides is 2. The Kier molecular flexibility index (Phi) is 10.1. The first-order valence-electron chi connectivity index (χ1n) is 6.03. The van der Waals surface area contributed by atoms with Gasteiger partial charge in [0.2, 0.25) is 5.91 Å². The second kappa shape index (κ2) is 10.8. The molecular formula is C12H20ClN3O2S. The second-order valence-electron chi connectivity index (χ2n) is 3.76. The predicted octanol–water partition coefficient (Wildman–Crippen LogP) is 1.02. The van der Waals surface area contributed by atoms with Gasteiger partial charge in [0, 0.05) is 13.1 Å². The van der Waals surface area contributed by atoms with E-state index in [0.717, 1.165) is 19.5 Å². The van der Waals surface area contributed by atoms with E-state index in [-0.39, 0.29) is 30.8 Å². The van der Waals surface area contributed by atoms with Crippen LogP contribution in [0.4, 0.5) is 0 Å². The Bertz CT molecular complexity index is 371. The highest BCUT2D eigenvalue weighted by atomic mass is 35.5. The number of rotatable bonds is 8. The fraction of sp³-hybridized carbons (Fsp3) is 0.500. The Labute approximate surface area is 123 Å². The topological polar surface area (TPSA) is 70.2 Å². The molecule has 0 radical (unpaired) electrons. The van der Waals surface area contributed by atoms with Crippen LogP contribution < -0.4 is 16.0 Å². The maximum absolute atomic E-state index is 11.5. The molecule has 108 valence electrons. The van der Waals surface area contributed by atoms with Crippen LogP contribution in [0.25, 0.3) is 0 Å². The van der Waals surface area contributed by atoms with E-state index in [9.17, 15) is 9.59 Å². The van der Waals surface area contributed by atoms with Crippen LogP contribution in [-0.4, -0.2) is 38.0 Å². The number of nitrogens with one attached hydrogen (secondary N) is 3. The van der Waals surface area contributed by atoms with Gasteiger partial charge in [-0.1, -0.05) is 13.0 Å². The zero-order valence-electron chi connectivity index (χ0n) is 10.9. The Morgan fingerprint density at radius 2 is 2.00 bits per heavy atom. The SMILES string of the molecule is CCCNCCNC(=O)CNC(=O)c1cccs1.Cl. The zero-order chi connectivity index (χ0) is 13.2. The van der Waals surface area contributed by atoms with Crippen LogP contribution in [0.15, 0.2) is 17.5 Å². The maximum Gasteiger partial charge on any atom is 0.261 e. The minimum absolute atomic E-state index is 0. The average molecular weight is 306 g/mol. The van der Waals surface area contributed by atoms with E-state index >= 15 is 0 Å². The number of hydrogen-bond acceptors (Lipinski definition) is 4. The first-order chi connectivity index (χ1) is 8.74. The Hall–Kier alpha value is -1.11. The molecule has 19 heavy (non-hydrogen) atoms. The summed E-state index contributed by atoms with van der Waals surface area (Å²) in [5, 5.41) is 10.3. The molecule has 0 aliphatic carbocycles. The van der Waals surface area contributed by atoms with E-state index in [1.807, 2.05) is 5.38 Å². The van der Waals surface area contributed by atoms with Gasteiger partial charge in [-0.25, -0.2) is 0 Å². The molecule has 0 aliphatic rings. The molecule has 7 heteroatoms. The molecule has 0 bridgehead atoms. The summed E-state index contributed by atoms with van der Waals surface area (Å²) < 4.78 is 0. The monoisotopic (exact) mass is 305 g/mol. The number of halogens is 1. The van der Waals surface area contributed by atoms with E-state index in [0.29, 0.717) is 11.4 Å². The van der Waals surface area contributed by atoms with E-state index in [1.165, 1.54) is 11.3 Å². The van der Waals surface area contributed by atoms with Gasteiger partial charge in [-0.3, -0.25) is 9.59 Å². The molecule has 3 N–H and O–H groups in total. The van der Waals surface area contributed by atoms with Crippen LogP contribution in [0.3, 0.4) is 0 Å². The molecule has 0 fully saturated rings. The largest absolute Gasteiger partial charge is 0.353 e. The Balaban J connectivity index is 0.00000324. The smallest absolute Gasteiger partial charge is 0.261 e. The van der Waals surface area contributed by atoms with Crippen LogP contribution in [-0.2, 0) is 4.79 Å². The summed E-state index contributed by atoms with van der Waals surface area (Å²) in [6, 6.07) is 3.53. The molecule has 0 saturated heterocycles. The lowest BCUT2D eigenvalue weighted by Gasteiger charge is -2.06. The van der Waals surface area contributed by atoms with Crippen LogP contribution >= 0.6 is 23.7 Å². The third-order valence-corrected chi connectivity index (χ3v) is 3.07. The van der Waals surface area contributed by atoms with Crippen molar-refractivity contribution < 1.29 is 9.59 Å². The van der Waals surface area contributed by atoms with Crippen LogP contribution in [0.5, 0.6) is 0 Å². The van der Waals surface area contributed by atoms with E-state index in [1.54, 1.807) is 12.1 Å². The lowest BCUT2D eigenvalue weighted by molar-refractivity contribution is -0.120. The fourth-order valence-corrected chi connectivity index (χ4v) is 1.95. The van der Waals surface area contributed by atoms with Gasteiger partial charge in [0.25, 0.3) is 5.91 Å². The first kappa shape index (κ1) is 17.9. The van der Waals surface area contributed by atoms with Crippen molar-refractivity contribution in [1.82, 2.24) is 16.0 Å². The van der Waals surface area contributed by atoms with Gasteiger partial charge in [0.05, 0.1) is 11.4 Å². The highest BCUT2D eigenvalue weighted by Gasteiger charge is 2.07. The fourth-order valence-electron chi connectivity index (χ4n) is 1.31. The molecule has 0 atom stereocenters. The summed E-state index contributed by atoms with van der Waals surface area (Å²) in [4.78, 5) is 23.5. The van der Waals surface area contributed by atoms with Crippen LogP contribution in [0.2, 0.25) is 0 Å². The van der Waals surface area contributed by atoms with Crippen molar-refractivity contribution in [2.45, 2.75) is 13.3 Å². The standard InChI is InChI=1S/C12H19N3O2S.ClH/c1-2-5-13-6-7-14-11(16)9-15-12(17)10-4-3-8-18-10;/h3-4,8,13H,2,5-7,9H2,1H3,(H,14,16)(H,15,17);1H. The van der Waals surface area contributed by atoms with Crippen molar-refractivity contribution in [3.05, 3.63) is 22.4 Å². The lowest BCUT2D eigenvalue weighted by Crippen LogP contribution is -2.39. The van der Waals surface area contributed by atoms with E-state index in [4.69, 9.17) is 0 Å². The average Bonchev–Trinajstić information content (AvgIpc) is 2.89. The van der Waals surface area contributed by atoms with Gasteiger partial charge >= 0.3 is 0 Å². The normalized spacial score (nSPS) is 9.53. The third kappa shape index (κ3) is 7.81. The van der Waals surface area contributed by atoms with Gasteiger partial charge in [0.15, 0.2) is 0 Å². The van der Waals surface area contributed by atoms with Crippen molar-refractivity contribution in [3.63, 3.8) is 0 Å². The summed E-state index contributed by atoms with van der Waals surface area (Å²) in [5.41, 5.74) is 0. The summed E-state index contributed by atoms with van der Waals surface area (Å²) >= 11 is 1.36. The van der Waals surface area contributed by atoms with Crippen molar-refractivity contribution in [2.75, 3.05) is 26.2 Å². The van der Waals surface area contributed by atoms with Crippen molar-refractivity contribution in [3.8, 4) is 0 Å². The minimum Gasteiger partial charge on any atom is -0.353 e. The molecule has 1 aromatic heterocycles. The number of hydrogen-bond donors (Lipinski definition) is 3. The molecule has 0 saturated carbocycles. The van der Waals surface area contributed by atoms with E-state index in [2.05, 4.69) is 22.9 Å². The Morgan fingerprint density at radius 1 is 1.21 bits per heavy atom. The maximum atomic E-state index is 11.5. The predicted molar refractivity (Wildman–Crippen MR) is 80.1 cm³/mol. The van der Waals surface area contributed by atoms with Gasteiger partial charge in [-0.05, 0) is 24.4 Å². The highest BCUT2D eigenvalue weighted by molar-refractivity contribution is 7.12. The number of carbonyl (C=O) groups excluding carboxylic acids is 2. The quantitative estimate of drug-likeness (QED) is 0.628. The highest BCUT2D eigenvalue weighted by Crippen LogP contribution is 2.07. The van der Waals surface area contributed by atoms with Crippen molar-refractivity contribution in [2.24, 2.45) is 0 Å². The molecule has 2 amide bonds. The van der Waals surface area contributed by atoms with Gasteiger partial charge in [-0.15, -0.1) is 23.7 Å². The molecule has 0 aliphatic heterocycles. The van der Waals surface area contributed by atoms with Gasteiger partial charge in [0.1, 0.15) is 0 Å². The van der Waals surface area contributed by atoms with Crippen LogP contribution in [0, 0.1) is 0 Å². The van der Waals surface area contributed by atoms with E-state index < -0.39 is 0 Å². The molecule has 1 heterocycles. The molecule has 0 unspecified atom stereocenters. The second-order valence-corrected chi connectivity index (χ2v) is 4.71. The number of carbonyl (C=O) groups is 2. The summed E-state index contributed by atoms with van der Waals surface area (Å²) in [7, 11) is 0. The summed E-state index contributed by atoms with van der Waals surface area (Å²) in [5.74, 6) is -0.373. The third-order valence-electron chi connectivity index (χ3n) is 2.21. The Morgan fingerprint density at radius 3 is 2.63 bits per heavy atom. The summed E-state index contributed by atoms with van der Waals surface area (Å²) in [6.07, 6.45) is 1.07.